The van der Waals surface area contributed by atoms with Crippen molar-refractivity contribution in [2.45, 2.75) is 6.04 Å². The topological polar surface area (TPSA) is 66.5 Å². The van der Waals surface area contributed by atoms with E-state index in [1.807, 2.05) is 0 Å². The summed E-state index contributed by atoms with van der Waals surface area (Å²) in [7, 11) is 0. The molecule has 0 aliphatic rings. The largest absolute Gasteiger partial charge is 0.507 e. The van der Waals surface area contributed by atoms with E-state index in [0.29, 0.717) is 6.07 Å². The van der Waals surface area contributed by atoms with Gasteiger partial charge in [-0.2, -0.15) is 0 Å². The van der Waals surface area contributed by atoms with E-state index in [1.165, 1.54) is 0 Å². The van der Waals surface area contributed by atoms with Crippen LogP contribution in [0.25, 0.3) is 0 Å². The summed E-state index contributed by atoms with van der Waals surface area (Å²) in [5.41, 5.74) is 4.54. The van der Waals surface area contributed by atoms with Crippen LogP contribution in [0.4, 0.5) is 13.2 Å². The van der Waals surface area contributed by atoms with Crippen molar-refractivity contribution < 1.29 is 23.4 Å². The van der Waals surface area contributed by atoms with Gasteiger partial charge in [-0.3, -0.25) is 0 Å². The van der Waals surface area contributed by atoms with E-state index in [2.05, 4.69) is 0 Å². The predicted molar refractivity (Wildman–Crippen MR) is 42.0 cm³/mol. The number of aliphatic hydroxyl groups excluding tert-OH is 1. The lowest BCUT2D eigenvalue weighted by Crippen LogP contribution is -2.17. The average Bonchev–Trinajstić information content (AvgIpc) is 2.14. The molecule has 4 N–H and O–H groups in total. The molecule has 0 unspecified atom stereocenters. The van der Waals surface area contributed by atoms with E-state index >= 15 is 0 Å². The fraction of sp³-hybridized carbons (Fsp3) is 0.250. The number of aromatic hydroxyl groups is 1. The predicted octanol–water partition coefficient (Wildman–Crippen LogP) is 0.802. The van der Waals surface area contributed by atoms with Crippen LogP contribution in [-0.2, 0) is 0 Å². The third-order valence-corrected chi connectivity index (χ3v) is 1.75. The van der Waals surface area contributed by atoms with Crippen molar-refractivity contribution in [1.29, 1.82) is 0 Å². The second-order valence-corrected chi connectivity index (χ2v) is 2.71. The second-order valence-electron chi connectivity index (χ2n) is 2.71. The third-order valence-electron chi connectivity index (χ3n) is 1.75. The molecule has 0 aliphatic heterocycles. The molecule has 0 bridgehead atoms. The SMILES string of the molecule is N[C@@H](CO)c1c(O)cc(F)c(F)c1F. The van der Waals surface area contributed by atoms with Crippen molar-refractivity contribution in [3.8, 4) is 5.75 Å². The Bertz CT molecular complexity index is 357. The molecule has 1 atom stereocenters. The zero-order valence-electron chi connectivity index (χ0n) is 6.97. The zero-order chi connectivity index (χ0) is 10.9. The first-order valence-corrected chi connectivity index (χ1v) is 3.71. The Labute approximate surface area is 77.6 Å². The third kappa shape index (κ3) is 1.66. The highest BCUT2D eigenvalue weighted by atomic mass is 19.2. The number of benzene rings is 1. The first-order valence-electron chi connectivity index (χ1n) is 3.71. The summed E-state index contributed by atoms with van der Waals surface area (Å²) in [4.78, 5) is 0. The fourth-order valence-corrected chi connectivity index (χ4v) is 1.04. The van der Waals surface area contributed by atoms with Crippen molar-refractivity contribution in [3.63, 3.8) is 0 Å². The van der Waals surface area contributed by atoms with E-state index in [9.17, 15) is 13.2 Å². The van der Waals surface area contributed by atoms with Gasteiger partial charge in [-0.25, -0.2) is 13.2 Å². The fourth-order valence-electron chi connectivity index (χ4n) is 1.04. The van der Waals surface area contributed by atoms with Crippen molar-refractivity contribution >= 4 is 0 Å². The normalized spacial score (nSPS) is 12.9. The summed E-state index contributed by atoms with van der Waals surface area (Å²) in [6.45, 7) is -0.685. The van der Waals surface area contributed by atoms with Crippen LogP contribution in [-0.4, -0.2) is 16.8 Å². The maximum Gasteiger partial charge on any atom is 0.195 e. The first-order chi connectivity index (χ1) is 6.49. The summed E-state index contributed by atoms with van der Waals surface area (Å²) in [5.74, 6) is -5.62. The first kappa shape index (κ1) is 10.8. The van der Waals surface area contributed by atoms with E-state index in [1.54, 1.807) is 0 Å². The van der Waals surface area contributed by atoms with Crippen molar-refractivity contribution in [1.82, 2.24) is 0 Å². The van der Waals surface area contributed by atoms with Gasteiger partial charge < -0.3 is 15.9 Å². The molecule has 0 heterocycles. The molecule has 1 aromatic rings. The number of hydrogen-bond acceptors (Lipinski definition) is 3. The lowest BCUT2D eigenvalue weighted by molar-refractivity contribution is 0.260. The van der Waals surface area contributed by atoms with Crippen molar-refractivity contribution in [3.05, 3.63) is 29.1 Å². The van der Waals surface area contributed by atoms with Crippen LogP contribution in [0.5, 0.6) is 5.75 Å². The van der Waals surface area contributed by atoms with E-state index in [0.717, 1.165) is 0 Å². The molecule has 1 rings (SSSR count). The highest BCUT2D eigenvalue weighted by molar-refractivity contribution is 5.37. The molecule has 0 fully saturated rings. The molecule has 14 heavy (non-hydrogen) atoms. The maximum absolute atomic E-state index is 13.0. The monoisotopic (exact) mass is 207 g/mol. The van der Waals surface area contributed by atoms with Gasteiger partial charge in [0.1, 0.15) is 5.75 Å². The lowest BCUT2D eigenvalue weighted by atomic mass is 10.1. The molecule has 0 saturated heterocycles. The molecule has 1 aromatic carbocycles. The van der Waals surface area contributed by atoms with Crippen LogP contribution >= 0.6 is 0 Å². The van der Waals surface area contributed by atoms with E-state index in [-0.39, 0.29) is 0 Å². The Morgan fingerprint density at radius 3 is 2.36 bits per heavy atom. The molecule has 0 aromatic heterocycles. The van der Waals surface area contributed by atoms with Crippen LogP contribution in [0.3, 0.4) is 0 Å². The number of phenols is 1. The quantitative estimate of drug-likeness (QED) is 0.628. The number of hydrogen-bond donors (Lipinski definition) is 3. The summed E-state index contributed by atoms with van der Waals surface area (Å²) in [6.07, 6.45) is 0. The Kier molecular flexibility index (Phi) is 2.97. The van der Waals surface area contributed by atoms with Crippen LogP contribution in [0.1, 0.15) is 11.6 Å². The Morgan fingerprint density at radius 1 is 1.29 bits per heavy atom. The summed E-state index contributed by atoms with van der Waals surface area (Å²) in [5, 5.41) is 17.6. The van der Waals surface area contributed by atoms with Crippen molar-refractivity contribution in [2.24, 2.45) is 5.73 Å². The lowest BCUT2D eigenvalue weighted by Gasteiger charge is -2.12. The van der Waals surface area contributed by atoms with Gasteiger partial charge in [-0.1, -0.05) is 0 Å². The number of halogens is 3. The number of aliphatic hydroxyl groups is 1. The van der Waals surface area contributed by atoms with E-state index < -0.39 is 41.4 Å². The maximum atomic E-state index is 13.0. The molecule has 78 valence electrons. The van der Waals surface area contributed by atoms with Crippen LogP contribution in [0.15, 0.2) is 6.07 Å². The molecule has 0 radical (unpaired) electrons. The number of rotatable bonds is 2. The molecule has 0 saturated carbocycles. The van der Waals surface area contributed by atoms with Gasteiger partial charge in [0.2, 0.25) is 0 Å². The van der Waals surface area contributed by atoms with Gasteiger partial charge in [0.15, 0.2) is 17.5 Å². The van der Waals surface area contributed by atoms with Crippen LogP contribution in [0.2, 0.25) is 0 Å². The summed E-state index contributed by atoms with van der Waals surface area (Å²) in [6, 6.07) is -0.881. The van der Waals surface area contributed by atoms with E-state index in [4.69, 9.17) is 15.9 Å². The van der Waals surface area contributed by atoms with Crippen LogP contribution < -0.4 is 5.73 Å². The van der Waals surface area contributed by atoms with Crippen LogP contribution in [0, 0.1) is 17.5 Å². The smallest absolute Gasteiger partial charge is 0.195 e. The molecular weight excluding hydrogens is 199 g/mol. The van der Waals surface area contributed by atoms with Gasteiger partial charge in [-0.15, -0.1) is 0 Å². The number of nitrogens with two attached hydrogens (primary N) is 1. The molecular formula is C8H8F3NO2. The second kappa shape index (κ2) is 3.85. The molecule has 0 spiro atoms. The summed E-state index contributed by atoms with van der Waals surface area (Å²) < 4.78 is 38.2. The minimum absolute atomic E-state index is 0.406. The minimum Gasteiger partial charge on any atom is -0.507 e. The van der Waals surface area contributed by atoms with Crippen molar-refractivity contribution in [2.75, 3.05) is 6.61 Å². The number of phenolic OH excluding ortho intramolecular Hbond substituents is 1. The van der Waals surface area contributed by atoms with Gasteiger partial charge in [0.05, 0.1) is 18.2 Å². The van der Waals surface area contributed by atoms with Gasteiger partial charge in [0.25, 0.3) is 0 Å². The Hall–Kier alpha value is -1.27. The average molecular weight is 207 g/mol. The molecule has 0 aliphatic carbocycles. The van der Waals surface area contributed by atoms with Gasteiger partial charge in [0, 0.05) is 6.07 Å². The van der Waals surface area contributed by atoms with Gasteiger partial charge >= 0.3 is 0 Å². The minimum atomic E-state index is -1.72. The highest BCUT2D eigenvalue weighted by Crippen LogP contribution is 2.29. The molecule has 3 nitrogen and oxygen atoms in total. The molecule has 0 amide bonds. The molecule has 6 heteroatoms. The summed E-state index contributed by atoms with van der Waals surface area (Å²) >= 11 is 0. The Balaban J connectivity index is 3.36. The zero-order valence-corrected chi connectivity index (χ0v) is 6.97. The standard InChI is InChI=1S/C8H8F3NO2/c9-3-1-5(14)6(4(12)2-13)8(11)7(3)10/h1,4,13-14H,2,12H2/t4-/m0/s1. The Morgan fingerprint density at radius 2 is 1.86 bits per heavy atom. The highest BCUT2D eigenvalue weighted by Gasteiger charge is 2.22. The van der Waals surface area contributed by atoms with Gasteiger partial charge in [-0.05, 0) is 0 Å².